The van der Waals surface area contributed by atoms with E-state index in [1.807, 2.05) is 24.3 Å². The van der Waals surface area contributed by atoms with Crippen LogP contribution >= 0.6 is 0 Å². The summed E-state index contributed by atoms with van der Waals surface area (Å²) in [5, 5.41) is 2.83. The molecule has 0 spiro atoms. The highest BCUT2D eigenvalue weighted by atomic mass is 32.2. The molecule has 0 aliphatic carbocycles. The first-order chi connectivity index (χ1) is 14.0. The van der Waals surface area contributed by atoms with Crippen molar-refractivity contribution in [2.75, 3.05) is 20.2 Å². The minimum Gasteiger partial charge on any atom is -0.497 e. The van der Waals surface area contributed by atoms with Crippen molar-refractivity contribution in [2.45, 2.75) is 43.4 Å². The Morgan fingerprint density at radius 2 is 1.87 bits per heavy atom. The molecule has 1 fully saturated rings. The van der Waals surface area contributed by atoms with Gasteiger partial charge < -0.3 is 19.4 Å². The maximum absolute atomic E-state index is 13.1. The van der Waals surface area contributed by atoms with Crippen molar-refractivity contribution < 1.29 is 22.7 Å². The van der Waals surface area contributed by atoms with Gasteiger partial charge >= 0.3 is 6.09 Å². The molecule has 9 nitrogen and oxygen atoms in total. The molecule has 1 aromatic heterocycles. The van der Waals surface area contributed by atoms with Crippen LogP contribution in [0.25, 0.3) is 0 Å². The molecule has 0 saturated carbocycles. The second-order valence-electron chi connectivity index (χ2n) is 8.33. The molecule has 2 heterocycles. The zero-order valence-electron chi connectivity index (χ0n) is 17.8. The Kier molecular flexibility index (Phi) is 6.09. The molecule has 30 heavy (non-hydrogen) atoms. The Labute approximate surface area is 177 Å². The largest absolute Gasteiger partial charge is 0.497 e. The maximum atomic E-state index is 13.1. The molecule has 1 amide bonds. The summed E-state index contributed by atoms with van der Waals surface area (Å²) in [7, 11) is -0.498. The third-order valence-electron chi connectivity index (χ3n) is 4.82. The second-order valence-corrected chi connectivity index (χ2v) is 10.2. The number of nitrogens with one attached hydrogen (secondary N) is 1. The monoisotopic (exact) mass is 436 g/mol. The number of sulfonamides is 1. The normalized spacial score (nSPS) is 20.2. The van der Waals surface area contributed by atoms with E-state index in [9.17, 15) is 13.2 Å². The van der Waals surface area contributed by atoms with Crippen molar-refractivity contribution in [3.05, 3.63) is 42.4 Å². The van der Waals surface area contributed by atoms with E-state index >= 15 is 0 Å². The summed E-state index contributed by atoms with van der Waals surface area (Å²) in [5.41, 5.74) is 0.244. The Hall–Kier alpha value is -2.59. The highest BCUT2D eigenvalue weighted by Gasteiger charge is 2.42. The SMILES string of the molecule is COc1ccc([C@@H]2CN(S(=O)(=O)c3cn(C)cn3)C[C@H]2NC(=O)OC(C)(C)C)cc1. The van der Waals surface area contributed by atoms with Crippen molar-refractivity contribution in [1.29, 1.82) is 0 Å². The topological polar surface area (TPSA) is 103 Å². The van der Waals surface area contributed by atoms with Crippen LogP contribution in [0.3, 0.4) is 0 Å². The summed E-state index contributed by atoms with van der Waals surface area (Å²) in [6, 6.07) is 6.94. The fraction of sp³-hybridized carbons (Fsp3) is 0.500. The van der Waals surface area contributed by atoms with Crippen LogP contribution in [-0.2, 0) is 21.8 Å². The molecule has 0 radical (unpaired) electrons. The van der Waals surface area contributed by atoms with Gasteiger partial charge in [0.2, 0.25) is 0 Å². The van der Waals surface area contributed by atoms with Gasteiger partial charge in [0, 0.05) is 32.3 Å². The molecular weight excluding hydrogens is 408 g/mol. The summed E-state index contributed by atoms with van der Waals surface area (Å²) in [5.74, 6) is 0.452. The van der Waals surface area contributed by atoms with E-state index in [-0.39, 0.29) is 24.0 Å². The summed E-state index contributed by atoms with van der Waals surface area (Å²) < 4.78 is 39.7. The van der Waals surface area contributed by atoms with Crippen LogP contribution in [-0.4, -0.2) is 60.2 Å². The van der Waals surface area contributed by atoms with E-state index in [1.165, 1.54) is 16.8 Å². The number of carbonyl (C=O) groups is 1. The molecule has 0 unspecified atom stereocenters. The number of methoxy groups -OCH3 is 1. The molecule has 10 heteroatoms. The lowest BCUT2D eigenvalue weighted by Crippen LogP contribution is -2.43. The first-order valence-electron chi connectivity index (χ1n) is 9.61. The number of aromatic nitrogens is 2. The van der Waals surface area contributed by atoms with E-state index in [2.05, 4.69) is 10.3 Å². The van der Waals surface area contributed by atoms with Crippen LogP contribution in [0.1, 0.15) is 32.3 Å². The third kappa shape index (κ3) is 4.93. The van der Waals surface area contributed by atoms with E-state index in [1.54, 1.807) is 39.5 Å². The molecule has 1 aromatic carbocycles. The number of imidazole rings is 1. The number of amides is 1. The van der Waals surface area contributed by atoms with Gasteiger partial charge in [-0.05, 0) is 38.5 Å². The summed E-state index contributed by atoms with van der Waals surface area (Å²) in [4.78, 5) is 16.4. The number of benzene rings is 1. The highest BCUT2D eigenvalue weighted by molar-refractivity contribution is 7.89. The quantitative estimate of drug-likeness (QED) is 0.770. The Balaban J connectivity index is 1.87. The van der Waals surface area contributed by atoms with Crippen LogP contribution in [0.2, 0.25) is 0 Å². The van der Waals surface area contributed by atoms with Gasteiger partial charge in [-0.15, -0.1) is 0 Å². The molecule has 2 atom stereocenters. The standard InChI is InChI=1S/C20H28N4O5S/c1-20(2,3)29-19(25)22-17-11-24(30(26,27)18-12-23(4)13-21-18)10-16(17)14-6-8-15(28-5)9-7-14/h6-9,12-13,16-17H,10-11H2,1-5H3,(H,22,25)/t16-,17+/m0/s1. The predicted molar refractivity (Wildman–Crippen MR) is 111 cm³/mol. The average Bonchev–Trinajstić information content (AvgIpc) is 3.27. The van der Waals surface area contributed by atoms with Crippen molar-refractivity contribution in [1.82, 2.24) is 19.2 Å². The Morgan fingerprint density at radius 3 is 2.40 bits per heavy atom. The van der Waals surface area contributed by atoms with Gasteiger partial charge in [-0.3, -0.25) is 0 Å². The number of aryl methyl sites for hydroxylation is 1. The van der Waals surface area contributed by atoms with Crippen LogP contribution < -0.4 is 10.1 Å². The van der Waals surface area contributed by atoms with E-state index in [0.29, 0.717) is 5.75 Å². The number of carbonyl (C=O) groups excluding carboxylic acids is 1. The van der Waals surface area contributed by atoms with E-state index in [4.69, 9.17) is 9.47 Å². The van der Waals surface area contributed by atoms with Crippen molar-refractivity contribution in [3.8, 4) is 5.75 Å². The van der Waals surface area contributed by atoms with Crippen LogP contribution in [0.5, 0.6) is 5.75 Å². The first-order valence-corrected chi connectivity index (χ1v) is 11.0. The predicted octanol–water partition coefficient (Wildman–Crippen LogP) is 2.11. The maximum Gasteiger partial charge on any atom is 0.407 e. The Morgan fingerprint density at radius 1 is 1.20 bits per heavy atom. The minimum absolute atomic E-state index is 0.0172. The average molecular weight is 437 g/mol. The van der Waals surface area contributed by atoms with Crippen molar-refractivity contribution in [3.63, 3.8) is 0 Å². The molecule has 1 N–H and O–H groups in total. The zero-order valence-corrected chi connectivity index (χ0v) is 18.6. The van der Waals surface area contributed by atoms with Crippen molar-refractivity contribution in [2.24, 2.45) is 7.05 Å². The van der Waals surface area contributed by atoms with Gasteiger partial charge in [0.05, 0.1) is 19.5 Å². The number of alkyl carbamates (subject to hydrolysis) is 1. The number of ether oxygens (including phenoxy) is 2. The molecule has 164 valence electrons. The van der Waals surface area contributed by atoms with Gasteiger partial charge in [-0.2, -0.15) is 4.31 Å². The van der Waals surface area contributed by atoms with Crippen LogP contribution in [0, 0.1) is 0 Å². The molecule has 0 bridgehead atoms. The van der Waals surface area contributed by atoms with Crippen LogP contribution in [0.4, 0.5) is 4.79 Å². The summed E-state index contributed by atoms with van der Waals surface area (Å²) in [6.07, 6.45) is 2.33. The second kappa shape index (κ2) is 8.27. The number of hydrogen-bond acceptors (Lipinski definition) is 6. The van der Waals surface area contributed by atoms with E-state index in [0.717, 1.165) is 5.56 Å². The summed E-state index contributed by atoms with van der Waals surface area (Å²) in [6.45, 7) is 5.67. The number of nitrogens with zero attached hydrogens (tertiary/aromatic N) is 3. The highest BCUT2D eigenvalue weighted by Crippen LogP contribution is 2.32. The van der Waals surface area contributed by atoms with Gasteiger partial charge in [0.25, 0.3) is 10.0 Å². The molecule has 1 aliphatic heterocycles. The van der Waals surface area contributed by atoms with Gasteiger partial charge in [0.15, 0.2) is 5.03 Å². The molecule has 3 rings (SSSR count). The first kappa shape index (κ1) is 22.1. The lowest BCUT2D eigenvalue weighted by atomic mass is 9.94. The molecule has 1 aliphatic rings. The van der Waals surface area contributed by atoms with Crippen LogP contribution in [0.15, 0.2) is 41.8 Å². The third-order valence-corrected chi connectivity index (χ3v) is 6.54. The summed E-state index contributed by atoms with van der Waals surface area (Å²) >= 11 is 0. The fourth-order valence-electron chi connectivity index (χ4n) is 3.41. The fourth-order valence-corrected chi connectivity index (χ4v) is 4.87. The number of rotatable bonds is 5. The molecule has 1 saturated heterocycles. The number of hydrogen-bond donors (Lipinski definition) is 1. The lowest BCUT2D eigenvalue weighted by Gasteiger charge is -2.24. The van der Waals surface area contributed by atoms with Gasteiger partial charge in [-0.1, -0.05) is 12.1 Å². The Bertz CT molecular complexity index is 995. The van der Waals surface area contributed by atoms with Gasteiger partial charge in [0.1, 0.15) is 11.4 Å². The van der Waals surface area contributed by atoms with E-state index < -0.39 is 27.8 Å². The van der Waals surface area contributed by atoms with Gasteiger partial charge in [-0.25, -0.2) is 18.2 Å². The minimum atomic E-state index is -3.79. The van der Waals surface area contributed by atoms with Crippen molar-refractivity contribution >= 4 is 16.1 Å². The smallest absolute Gasteiger partial charge is 0.407 e. The lowest BCUT2D eigenvalue weighted by molar-refractivity contribution is 0.0503. The molecular formula is C20H28N4O5S. The molecule has 2 aromatic rings. The zero-order chi connectivity index (χ0) is 22.1.